The highest BCUT2D eigenvalue weighted by molar-refractivity contribution is 7.46. The van der Waals surface area contributed by atoms with Crippen LogP contribution >= 0.6 is 7.82 Å². The second-order valence-electron chi connectivity index (χ2n) is 4.77. The number of hydrogen-bond acceptors (Lipinski definition) is 4. The first kappa shape index (κ1) is 20.0. The van der Waals surface area contributed by atoms with Crippen molar-refractivity contribution in [3.05, 3.63) is 0 Å². The monoisotopic (exact) mass is 312 g/mol. The van der Waals surface area contributed by atoms with E-state index in [2.05, 4.69) is 18.4 Å². The molecule has 0 aromatic heterocycles. The van der Waals surface area contributed by atoms with E-state index in [-0.39, 0.29) is 6.61 Å². The largest absolute Gasteiger partial charge is 0.469 e. The topological polar surface area (TPSA) is 85.2 Å². The van der Waals surface area contributed by atoms with E-state index in [0.717, 1.165) is 38.5 Å². The van der Waals surface area contributed by atoms with Crippen molar-refractivity contribution in [1.29, 1.82) is 0 Å². The van der Waals surface area contributed by atoms with Crippen LogP contribution in [0.1, 0.15) is 52.4 Å². The van der Waals surface area contributed by atoms with Gasteiger partial charge in [-0.1, -0.05) is 39.5 Å². The Bertz CT molecular complexity index is 255. The molecule has 0 bridgehead atoms. The summed E-state index contributed by atoms with van der Waals surface area (Å²) in [4.78, 5) is 17.4. The van der Waals surface area contributed by atoms with Gasteiger partial charge in [-0.25, -0.2) is 4.57 Å². The van der Waals surface area contributed by atoms with E-state index in [1.807, 2.05) is 0 Å². The minimum absolute atomic E-state index is 0.149. The van der Waals surface area contributed by atoms with Crippen LogP contribution in [0.3, 0.4) is 0 Å². The molecule has 0 heterocycles. The van der Waals surface area contributed by atoms with Crippen LogP contribution in [0.15, 0.2) is 0 Å². The van der Waals surface area contributed by atoms with E-state index in [1.54, 1.807) is 0 Å². The number of hydrogen-bond donors (Lipinski definition) is 2. The SMILES string of the molecule is CCCCCOC[C@H](COP(=O)(O)O)OCCCCC. The predicted molar refractivity (Wildman–Crippen MR) is 77.6 cm³/mol. The summed E-state index contributed by atoms with van der Waals surface area (Å²) < 4.78 is 26.2. The van der Waals surface area contributed by atoms with E-state index >= 15 is 0 Å². The molecule has 7 heteroatoms. The van der Waals surface area contributed by atoms with Gasteiger partial charge in [0.2, 0.25) is 0 Å². The molecular formula is C13H29O6P. The fourth-order valence-electron chi connectivity index (χ4n) is 1.60. The highest BCUT2D eigenvalue weighted by Gasteiger charge is 2.18. The molecule has 0 saturated heterocycles. The Balaban J connectivity index is 3.88. The van der Waals surface area contributed by atoms with Crippen LogP contribution in [-0.4, -0.2) is 42.3 Å². The molecule has 0 aromatic rings. The number of unbranched alkanes of at least 4 members (excludes halogenated alkanes) is 4. The third kappa shape index (κ3) is 14.4. The van der Waals surface area contributed by atoms with Crippen molar-refractivity contribution in [3.63, 3.8) is 0 Å². The zero-order chi connectivity index (χ0) is 15.3. The van der Waals surface area contributed by atoms with E-state index in [9.17, 15) is 4.57 Å². The van der Waals surface area contributed by atoms with Crippen LogP contribution in [0.5, 0.6) is 0 Å². The average Bonchev–Trinajstić information content (AvgIpc) is 2.38. The second kappa shape index (κ2) is 12.7. The lowest BCUT2D eigenvalue weighted by Gasteiger charge is -2.18. The van der Waals surface area contributed by atoms with Crippen LogP contribution in [-0.2, 0) is 18.6 Å². The maximum absolute atomic E-state index is 10.7. The summed E-state index contributed by atoms with van der Waals surface area (Å²) in [6.07, 6.45) is 5.89. The van der Waals surface area contributed by atoms with Gasteiger partial charge in [-0.2, -0.15) is 0 Å². The summed E-state index contributed by atoms with van der Waals surface area (Å²) >= 11 is 0. The Kier molecular flexibility index (Phi) is 12.8. The van der Waals surface area contributed by atoms with Crippen molar-refractivity contribution >= 4 is 7.82 Å². The first-order valence-corrected chi connectivity index (χ1v) is 8.92. The van der Waals surface area contributed by atoms with Crippen molar-refractivity contribution in [2.45, 2.75) is 58.5 Å². The third-order valence-electron chi connectivity index (χ3n) is 2.73. The van der Waals surface area contributed by atoms with Gasteiger partial charge >= 0.3 is 7.82 Å². The van der Waals surface area contributed by atoms with Gasteiger partial charge in [0.05, 0.1) is 13.2 Å². The van der Waals surface area contributed by atoms with Crippen LogP contribution < -0.4 is 0 Å². The molecule has 0 unspecified atom stereocenters. The molecule has 0 radical (unpaired) electrons. The average molecular weight is 312 g/mol. The fraction of sp³-hybridized carbons (Fsp3) is 1.00. The van der Waals surface area contributed by atoms with Crippen molar-refractivity contribution in [2.75, 3.05) is 26.4 Å². The van der Waals surface area contributed by atoms with Crippen molar-refractivity contribution in [3.8, 4) is 0 Å². The Morgan fingerprint density at radius 1 is 0.950 bits per heavy atom. The van der Waals surface area contributed by atoms with E-state index in [1.165, 1.54) is 0 Å². The van der Waals surface area contributed by atoms with Crippen LogP contribution in [0.4, 0.5) is 0 Å². The zero-order valence-corrected chi connectivity index (χ0v) is 13.5. The van der Waals surface area contributed by atoms with Crippen molar-refractivity contribution in [1.82, 2.24) is 0 Å². The normalized spacial score (nSPS) is 13.6. The summed E-state index contributed by atoms with van der Waals surface area (Å²) in [6.45, 7) is 5.57. The summed E-state index contributed by atoms with van der Waals surface area (Å²) in [7, 11) is -4.45. The summed E-state index contributed by atoms with van der Waals surface area (Å²) in [5.41, 5.74) is 0. The van der Waals surface area contributed by atoms with Gasteiger partial charge in [-0.05, 0) is 12.8 Å². The van der Waals surface area contributed by atoms with Crippen molar-refractivity contribution < 1.29 is 28.3 Å². The molecule has 0 aromatic carbocycles. The third-order valence-corrected chi connectivity index (χ3v) is 3.21. The maximum Gasteiger partial charge on any atom is 0.469 e. The Hall–Kier alpha value is 0.0300. The van der Waals surface area contributed by atoms with Gasteiger partial charge in [-0.15, -0.1) is 0 Å². The second-order valence-corrected chi connectivity index (χ2v) is 6.01. The van der Waals surface area contributed by atoms with Gasteiger partial charge in [0, 0.05) is 13.2 Å². The lowest BCUT2D eigenvalue weighted by molar-refractivity contribution is -0.0428. The highest BCUT2D eigenvalue weighted by Crippen LogP contribution is 2.35. The first-order valence-electron chi connectivity index (χ1n) is 7.39. The molecule has 122 valence electrons. The van der Waals surface area contributed by atoms with E-state index in [4.69, 9.17) is 19.3 Å². The Morgan fingerprint density at radius 3 is 2.10 bits per heavy atom. The first-order chi connectivity index (χ1) is 9.49. The van der Waals surface area contributed by atoms with Crippen LogP contribution in [0.2, 0.25) is 0 Å². The molecule has 0 saturated carbocycles. The molecule has 0 aliphatic heterocycles. The molecule has 20 heavy (non-hydrogen) atoms. The fourth-order valence-corrected chi connectivity index (χ4v) is 1.96. The highest BCUT2D eigenvalue weighted by atomic mass is 31.2. The molecule has 6 nitrogen and oxygen atoms in total. The lowest BCUT2D eigenvalue weighted by Crippen LogP contribution is -2.26. The molecule has 2 N–H and O–H groups in total. The van der Waals surface area contributed by atoms with Gasteiger partial charge < -0.3 is 19.3 Å². The van der Waals surface area contributed by atoms with Gasteiger partial charge in [-0.3, -0.25) is 4.52 Å². The van der Waals surface area contributed by atoms with Crippen molar-refractivity contribution in [2.24, 2.45) is 0 Å². The van der Waals surface area contributed by atoms with Crippen LogP contribution in [0.25, 0.3) is 0 Å². The minimum Gasteiger partial charge on any atom is -0.379 e. The molecule has 1 atom stereocenters. The smallest absolute Gasteiger partial charge is 0.379 e. The number of phosphoric ester groups is 1. The summed E-state index contributed by atoms with van der Waals surface area (Å²) in [6, 6.07) is 0. The molecule has 0 aliphatic carbocycles. The molecule has 0 fully saturated rings. The molecule has 0 spiro atoms. The molecule has 0 aliphatic rings. The molecular weight excluding hydrogens is 283 g/mol. The van der Waals surface area contributed by atoms with Gasteiger partial charge in [0.15, 0.2) is 0 Å². The minimum atomic E-state index is -4.45. The van der Waals surface area contributed by atoms with E-state index in [0.29, 0.717) is 19.8 Å². The Labute approximate surface area is 122 Å². The van der Waals surface area contributed by atoms with Gasteiger partial charge in [0.25, 0.3) is 0 Å². The maximum atomic E-state index is 10.7. The quantitative estimate of drug-likeness (QED) is 0.379. The summed E-state index contributed by atoms with van der Waals surface area (Å²) in [5, 5.41) is 0. The Morgan fingerprint density at radius 2 is 1.55 bits per heavy atom. The molecule has 0 amide bonds. The number of phosphoric acid groups is 1. The number of rotatable bonds is 14. The molecule has 0 rings (SSSR count). The summed E-state index contributed by atoms with van der Waals surface area (Å²) in [5.74, 6) is 0. The van der Waals surface area contributed by atoms with Gasteiger partial charge in [0.1, 0.15) is 6.10 Å². The zero-order valence-electron chi connectivity index (χ0n) is 12.6. The standard InChI is InChI=1S/C13H29O6P/c1-3-5-7-9-17-11-13(12-19-20(14,15)16)18-10-8-6-4-2/h13H,3-12H2,1-2H3,(H2,14,15,16)/t13-/m1/s1. The number of ether oxygens (including phenoxy) is 2. The van der Waals surface area contributed by atoms with E-state index < -0.39 is 13.9 Å². The lowest BCUT2D eigenvalue weighted by atomic mass is 10.2. The predicted octanol–water partition coefficient (Wildman–Crippen LogP) is 2.88. The van der Waals surface area contributed by atoms with Crippen LogP contribution in [0, 0.1) is 0 Å².